The zero-order valence-electron chi connectivity index (χ0n) is 11.4. The van der Waals surface area contributed by atoms with Crippen LogP contribution >= 0.6 is 22.7 Å². The lowest BCUT2D eigenvalue weighted by atomic mass is 10.1. The first-order valence-electron chi connectivity index (χ1n) is 6.75. The lowest BCUT2D eigenvalue weighted by Gasteiger charge is -2.15. The number of imidazole rings is 1. The molecule has 0 aliphatic rings. The number of nitrogens with zero attached hydrogens (tertiary/aromatic N) is 2. The van der Waals surface area contributed by atoms with Gasteiger partial charge in [0.1, 0.15) is 5.82 Å². The Balaban J connectivity index is 1.82. The van der Waals surface area contributed by atoms with E-state index in [2.05, 4.69) is 39.4 Å². The van der Waals surface area contributed by atoms with E-state index in [1.54, 1.807) is 11.3 Å². The van der Waals surface area contributed by atoms with Crippen LogP contribution in [0, 0.1) is 0 Å². The molecular weight excluding hydrogens is 288 g/mol. The van der Waals surface area contributed by atoms with Crippen LogP contribution in [-0.2, 0) is 13.0 Å². The van der Waals surface area contributed by atoms with Crippen LogP contribution in [0.2, 0.25) is 0 Å². The number of fused-ring (bicyclic) bond motifs is 1. The summed E-state index contributed by atoms with van der Waals surface area (Å²) in [5, 5.41) is 2.13. The molecule has 0 fully saturated rings. The smallest absolute Gasteiger partial charge is 0.110 e. The molecule has 4 nitrogen and oxygen atoms in total. The number of aryl methyl sites for hydroxylation is 1. The normalized spacial score (nSPS) is 13.1. The average molecular weight is 306 g/mol. The largest absolute Gasteiger partial charge is 0.335 e. The van der Waals surface area contributed by atoms with Gasteiger partial charge in [0.15, 0.2) is 0 Å². The molecule has 106 valence electrons. The van der Waals surface area contributed by atoms with E-state index >= 15 is 0 Å². The summed E-state index contributed by atoms with van der Waals surface area (Å²) < 4.78 is 4.88. The number of rotatable bonds is 6. The minimum Gasteiger partial charge on any atom is -0.335 e. The Morgan fingerprint density at radius 1 is 1.45 bits per heavy atom. The molecular formula is C14H18N4S2. The molecule has 3 heterocycles. The molecule has 0 spiro atoms. The third-order valence-corrected chi connectivity index (χ3v) is 5.56. The molecule has 0 aliphatic heterocycles. The predicted octanol–water partition coefficient (Wildman–Crippen LogP) is 3.32. The fraction of sp³-hybridized carbons (Fsp3) is 0.357. The molecule has 3 aromatic rings. The lowest BCUT2D eigenvalue weighted by molar-refractivity contribution is 0.523. The van der Waals surface area contributed by atoms with Crippen molar-refractivity contribution in [3.05, 3.63) is 40.6 Å². The number of thiophene rings is 2. The molecule has 1 atom stereocenters. The summed E-state index contributed by atoms with van der Waals surface area (Å²) in [4.78, 5) is 5.74. The van der Waals surface area contributed by atoms with Crippen molar-refractivity contribution in [3.8, 4) is 0 Å². The molecule has 0 amide bonds. The van der Waals surface area contributed by atoms with E-state index in [9.17, 15) is 0 Å². The van der Waals surface area contributed by atoms with Crippen molar-refractivity contribution in [1.29, 1.82) is 0 Å². The molecule has 20 heavy (non-hydrogen) atoms. The molecule has 0 aliphatic carbocycles. The van der Waals surface area contributed by atoms with Crippen LogP contribution in [0.5, 0.6) is 0 Å². The molecule has 0 bridgehead atoms. The van der Waals surface area contributed by atoms with Crippen molar-refractivity contribution in [3.63, 3.8) is 0 Å². The summed E-state index contributed by atoms with van der Waals surface area (Å²) in [5.74, 6) is 6.85. The van der Waals surface area contributed by atoms with Crippen molar-refractivity contribution >= 4 is 32.1 Å². The zero-order chi connectivity index (χ0) is 13.9. The average Bonchev–Trinajstić information content (AvgIpc) is 3.11. The van der Waals surface area contributed by atoms with Gasteiger partial charge in [-0.05, 0) is 23.9 Å². The molecule has 1 unspecified atom stereocenters. The highest BCUT2D eigenvalue weighted by Crippen LogP contribution is 2.34. The summed E-state index contributed by atoms with van der Waals surface area (Å²) >= 11 is 3.58. The van der Waals surface area contributed by atoms with Crippen LogP contribution in [0.15, 0.2) is 29.9 Å². The van der Waals surface area contributed by atoms with Gasteiger partial charge in [0.25, 0.3) is 0 Å². The van der Waals surface area contributed by atoms with Crippen molar-refractivity contribution in [2.24, 2.45) is 5.84 Å². The first kappa shape index (κ1) is 13.8. The lowest BCUT2D eigenvalue weighted by Crippen LogP contribution is -2.29. The van der Waals surface area contributed by atoms with Gasteiger partial charge in [0, 0.05) is 39.6 Å². The fourth-order valence-electron chi connectivity index (χ4n) is 2.35. The summed E-state index contributed by atoms with van der Waals surface area (Å²) in [6, 6.07) is 4.53. The number of nitrogens with one attached hydrogen (secondary N) is 1. The molecule has 0 aromatic carbocycles. The van der Waals surface area contributed by atoms with Gasteiger partial charge >= 0.3 is 0 Å². The Morgan fingerprint density at radius 3 is 3.10 bits per heavy atom. The molecule has 3 rings (SSSR count). The van der Waals surface area contributed by atoms with Crippen molar-refractivity contribution in [1.82, 2.24) is 15.0 Å². The van der Waals surface area contributed by atoms with Crippen LogP contribution < -0.4 is 11.3 Å². The Bertz CT molecular complexity index is 654. The maximum atomic E-state index is 5.76. The summed E-state index contributed by atoms with van der Waals surface area (Å²) in [7, 11) is 0. The molecule has 0 saturated heterocycles. The minimum atomic E-state index is 0.123. The third kappa shape index (κ3) is 2.64. The number of hydrogen-bond donors (Lipinski definition) is 2. The topological polar surface area (TPSA) is 55.9 Å². The Hall–Kier alpha value is -1.21. The highest BCUT2D eigenvalue weighted by molar-refractivity contribution is 7.26. The van der Waals surface area contributed by atoms with E-state index < -0.39 is 0 Å². The van der Waals surface area contributed by atoms with E-state index in [1.165, 1.54) is 14.3 Å². The Labute approximate surface area is 126 Å². The first-order chi connectivity index (χ1) is 9.81. The van der Waals surface area contributed by atoms with Crippen LogP contribution in [0.3, 0.4) is 0 Å². The van der Waals surface area contributed by atoms with Gasteiger partial charge in [-0.2, -0.15) is 0 Å². The first-order valence-corrected chi connectivity index (χ1v) is 8.44. The maximum Gasteiger partial charge on any atom is 0.110 e. The molecule has 0 saturated carbocycles. The van der Waals surface area contributed by atoms with Crippen molar-refractivity contribution in [2.75, 3.05) is 0 Å². The number of aromatic nitrogens is 2. The van der Waals surface area contributed by atoms with Gasteiger partial charge in [-0.25, -0.2) is 4.98 Å². The highest BCUT2D eigenvalue weighted by Gasteiger charge is 2.17. The van der Waals surface area contributed by atoms with E-state index in [4.69, 9.17) is 5.84 Å². The number of nitrogens with two attached hydrogens (primary N) is 1. The summed E-state index contributed by atoms with van der Waals surface area (Å²) in [5.41, 5.74) is 2.94. The Kier molecular flexibility index (Phi) is 4.16. The number of hydrogen-bond acceptors (Lipinski definition) is 5. The quantitative estimate of drug-likeness (QED) is 0.542. The maximum absolute atomic E-state index is 5.76. The molecule has 3 aromatic heterocycles. The van der Waals surface area contributed by atoms with Gasteiger partial charge in [-0.15, -0.1) is 22.7 Å². The Morgan fingerprint density at radius 2 is 2.35 bits per heavy atom. The fourth-order valence-corrected chi connectivity index (χ4v) is 4.53. The van der Waals surface area contributed by atoms with Crippen LogP contribution in [0.25, 0.3) is 9.40 Å². The van der Waals surface area contributed by atoms with Gasteiger partial charge in [0.05, 0.1) is 6.04 Å². The third-order valence-electron chi connectivity index (χ3n) is 3.36. The summed E-state index contributed by atoms with van der Waals surface area (Å²) in [6.45, 7) is 3.18. The van der Waals surface area contributed by atoms with E-state index in [-0.39, 0.29) is 6.04 Å². The van der Waals surface area contributed by atoms with Crippen LogP contribution in [0.4, 0.5) is 0 Å². The van der Waals surface area contributed by atoms with Crippen LogP contribution in [0.1, 0.15) is 30.1 Å². The standard InChI is InChI=1S/C14H18N4S2/c1-2-5-18-6-4-16-14(18)8-10(17-15)12-9-13-11(20-12)3-7-19-13/h3-4,6-7,9-10,17H,2,5,8,15H2,1H3. The minimum absolute atomic E-state index is 0.123. The second kappa shape index (κ2) is 6.05. The van der Waals surface area contributed by atoms with Gasteiger partial charge in [0.2, 0.25) is 0 Å². The molecule has 6 heteroatoms. The second-order valence-corrected chi connectivity index (χ2v) is 6.82. The van der Waals surface area contributed by atoms with Gasteiger partial charge in [-0.3, -0.25) is 11.3 Å². The number of hydrazine groups is 1. The monoisotopic (exact) mass is 306 g/mol. The van der Waals surface area contributed by atoms with E-state index in [0.29, 0.717) is 0 Å². The SMILES string of the molecule is CCCn1ccnc1CC(NN)c1cc2sccc2s1. The van der Waals surface area contributed by atoms with E-state index in [0.717, 1.165) is 25.2 Å². The zero-order valence-corrected chi connectivity index (χ0v) is 13.0. The molecule has 3 N–H and O–H groups in total. The van der Waals surface area contributed by atoms with E-state index in [1.807, 2.05) is 23.7 Å². The predicted molar refractivity (Wildman–Crippen MR) is 86.0 cm³/mol. The highest BCUT2D eigenvalue weighted by atomic mass is 32.1. The second-order valence-electron chi connectivity index (χ2n) is 4.76. The van der Waals surface area contributed by atoms with Gasteiger partial charge in [-0.1, -0.05) is 6.92 Å². The van der Waals surface area contributed by atoms with Crippen LogP contribution in [-0.4, -0.2) is 9.55 Å². The van der Waals surface area contributed by atoms with Crippen molar-refractivity contribution in [2.45, 2.75) is 32.4 Å². The molecule has 0 radical (unpaired) electrons. The van der Waals surface area contributed by atoms with Crippen molar-refractivity contribution < 1.29 is 0 Å². The van der Waals surface area contributed by atoms with Gasteiger partial charge < -0.3 is 4.57 Å². The summed E-state index contributed by atoms with van der Waals surface area (Å²) in [6.07, 6.45) is 5.83.